The second-order valence-corrected chi connectivity index (χ2v) is 3.60. The van der Waals surface area contributed by atoms with Gasteiger partial charge in [-0.1, -0.05) is 0 Å². The van der Waals surface area contributed by atoms with Gasteiger partial charge in [-0.3, -0.25) is 4.79 Å². The van der Waals surface area contributed by atoms with Gasteiger partial charge in [0, 0.05) is 12.3 Å². The van der Waals surface area contributed by atoms with E-state index >= 15 is 0 Å². The van der Waals surface area contributed by atoms with E-state index in [1.54, 1.807) is 50.7 Å². The fourth-order valence-corrected chi connectivity index (χ4v) is 1.57. The summed E-state index contributed by atoms with van der Waals surface area (Å²) in [6.07, 6.45) is 1.69. The molecule has 0 unspecified atom stereocenters. The van der Waals surface area contributed by atoms with E-state index in [-0.39, 0.29) is 5.91 Å². The Labute approximate surface area is 105 Å². The average molecular weight is 246 g/mol. The molecule has 0 atom stereocenters. The number of carbonyl (C=O) groups excluding carboxylic acids is 1. The first-order chi connectivity index (χ1) is 8.74. The number of H-pyrrole nitrogens is 1. The molecule has 0 spiro atoms. The summed E-state index contributed by atoms with van der Waals surface area (Å²) in [5.41, 5.74) is 1.05. The van der Waals surface area contributed by atoms with Crippen LogP contribution in [-0.4, -0.2) is 25.1 Å². The molecule has 5 nitrogen and oxygen atoms in total. The molecule has 0 saturated heterocycles. The van der Waals surface area contributed by atoms with Crippen LogP contribution in [-0.2, 0) is 0 Å². The predicted octanol–water partition coefficient (Wildman–Crippen LogP) is 2.28. The average Bonchev–Trinajstić information content (AvgIpc) is 2.92. The number of carbonyl (C=O) groups is 1. The lowest BCUT2D eigenvalue weighted by atomic mass is 10.2. The molecule has 2 rings (SSSR count). The van der Waals surface area contributed by atoms with Crippen molar-refractivity contribution in [3.63, 3.8) is 0 Å². The van der Waals surface area contributed by atoms with Crippen molar-refractivity contribution in [2.75, 3.05) is 19.5 Å². The molecule has 1 aromatic carbocycles. The van der Waals surface area contributed by atoms with E-state index in [0.717, 1.165) is 0 Å². The molecule has 1 aromatic heterocycles. The molecule has 0 bridgehead atoms. The summed E-state index contributed by atoms with van der Waals surface area (Å²) in [5, 5.41) is 2.76. The summed E-state index contributed by atoms with van der Waals surface area (Å²) < 4.78 is 10.3. The standard InChI is InChI=1S/C13H14N2O3/c1-17-9-5-6-12(18-2)11(8-9)15-13(16)10-4-3-7-14-10/h3-8,14H,1-2H3,(H,15,16). The Bertz CT molecular complexity index is 535. The minimum atomic E-state index is -0.230. The largest absolute Gasteiger partial charge is 0.497 e. The van der Waals surface area contributed by atoms with Crippen molar-refractivity contribution in [2.45, 2.75) is 0 Å². The topological polar surface area (TPSA) is 63.4 Å². The summed E-state index contributed by atoms with van der Waals surface area (Å²) in [7, 11) is 3.12. The van der Waals surface area contributed by atoms with Crippen molar-refractivity contribution >= 4 is 11.6 Å². The van der Waals surface area contributed by atoms with Crippen molar-refractivity contribution in [2.24, 2.45) is 0 Å². The van der Waals surface area contributed by atoms with E-state index in [4.69, 9.17) is 9.47 Å². The molecule has 0 radical (unpaired) electrons. The number of hydrogen-bond acceptors (Lipinski definition) is 3. The first-order valence-corrected chi connectivity index (χ1v) is 5.41. The number of anilines is 1. The zero-order chi connectivity index (χ0) is 13.0. The maximum absolute atomic E-state index is 11.9. The van der Waals surface area contributed by atoms with Gasteiger partial charge in [0.15, 0.2) is 0 Å². The fraction of sp³-hybridized carbons (Fsp3) is 0.154. The first-order valence-electron chi connectivity index (χ1n) is 5.41. The van der Waals surface area contributed by atoms with Crippen LogP contribution in [0.5, 0.6) is 11.5 Å². The number of ether oxygens (including phenoxy) is 2. The molecule has 0 aliphatic carbocycles. The Hall–Kier alpha value is -2.43. The highest BCUT2D eigenvalue weighted by Gasteiger charge is 2.11. The monoisotopic (exact) mass is 246 g/mol. The summed E-state index contributed by atoms with van der Waals surface area (Å²) >= 11 is 0. The van der Waals surface area contributed by atoms with Crippen LogP contribution >= 0.6 is 0 Å². The summed E-state index contributed by atoms with van der Waals surface area (Å²) in [6.45, 7) is 0. The van der Waals surface area contributed by atoms with Gasteiger partial charge in [-0.25, -0.2) is 0 Å². The van der Waals surface area contributed by atoms with Crippen LogP contribution in [0.4, 0.5) is 5.69 Å². The highest BCUT2D eigenvalue weighted by atomic mass is 16.5. The number of aromatic nitrogens is 1. The molecule has 0 aliphatic rings. The maximum Gasteiger partial charge on any atom is 0.272 e. The quantitative estimate of drug-likeness (QED) is 0.870. The first kappa shape index (κ1) is 12.0. The fourth-order valence-electron chi connectivity index (χ4n) is 1.57. The summed E-state index contributed by atoms with van der Waals surface area (Å²) in [4.78, 5) is 14.7. The van der Waals surface area contributed by atoms with Gasteiger partial charge in [0.2, 0.25) is 0 Å². The van der Waals surface area contributed by atoms with Crippen LogP contribution < -0.4 is 14.8 Å². The third-order valence-electron chi connectivity index (χ3n) is 2.50. The molecule has 1 amide bonds. The Balaban J connectivity index is 2.24. The molecule has 18 heavy (non-hydrogen) atoms. The lowest BCUT2D eigenvalue weighted by Crippen LogP contribution is -2.13. The van der Waals surface area contributed by atoms with E-state index in [0.29, 0.717) is 22.9 Å². The molecule has 1 heterocycles. The number of benzene rings is 1. The van der Waals surface area contributed by atoms with Crippen LogP contribution in [0.25, 0.3) is 0 Å². The molecule has 0 saturated carbocycles. The zero-order valence-corrected chi connectivity index (χ0v) is 10.2. The molecular weight excluding hydrogens is 232 g/mol. The van der Waals surface area contributed by atoms with Crippen molar-refractivity contribution < 1.29 is 14.3 Å². The highest BCUT2D eigenvalue weighted by molar-refractivity contribution is 6.03. The second-order valence-electron chi connectivity index (χ2n) is 3.60. The number of methoxy groups -OCH3 is 2. The van der Waals surface area contributed by atoms with Crippen molar-refractivity contribution in [3.05, 3.63) is 42.2 Å². The molecule has 0 fully saturated rings. The Kier molecular flexibility index (Phi) is 3.52. The number of amides is 1. The lowest BCUT2D eigenvalue weighted by molar-refractivity contribution is 0.102. The smallest absolute Gasteiger partial charge is 0.272 e. The van der Waals surface area contributed by atoms with Gasteiger partial charge in [-0.05, 0) is 24.3 Å². The van der Waals surface area contributed by atoms with Gasteiger partial charge in [-0.2, -0.15) is 0 Å². The van der Waals surface area contributed by atoms with Crippen LogP contribution in [0.1, 0.15) is 10.5 Å². The maximum atomic E-state index is 11.9. The van der Waals surface area contributed by atoms with Gasteiger partial charge < -0.3 is 19.8 Å². The third kappa shape index (κ3) is 2.45. The van der Waals surface area contributed by atoms with Gasteiger partial charge in [0.1, 0.15) is 17.2 Å². The normalized spacial score (nSPS) is 9.89. The number of rotatable bonds is 4. The van der Waals surface area contributed by atoms with Crippen LogP contribution in [0.15, 0.2) is 36.5 Å². The molecule has 2 aromatic rings. The SMILES string of the molecule is COc1ccc(OC)c(NC(=O)c2ccc[nH]2)c1. The van der Waals surface area contributed by atoms with Crippen LogP contribution in [0.3, 0.4) is 0 Å². The Morgan fingerprint density at radius 2 is 2.06 bits per heavy atom. The van der Waals surface area contributed by atoms with E-state index < -0.39 is 0 Å². The molecule has 2 N–H and O–H groups in total. The molecule has 94 valence electrons. The third-order valence-corrected chi connectivity index (χ3v) is 2.50. The number of aromatic amines is 1. The van der Waals surface area contributed by atoms with Gasteiger partial charge in [0.25, 0.3) is 5.91 Å². The molecule has 0 aliphatic heterocycles. The Morgan fingerprint density at radius 1 is 1.22 bits per heavy atom. The van der Waals surface area contributed by atoms with Crippen molar-refractivity contribution in [1.82, 2.24) is 4.98 Å². The minimum absolute atomic E-state index is 0.230. The number of hydrogen-bond donors (Lipinski definition) is 2. The van der Waals surface area contributed by atoms with Crippen LogP contribution in [0.2, 0.25) is 0 Å². The zero-order valence-electron chi connectivity index (χ0n) is 10.2. The van der Waals surface area contributed by atoms with E-state index in [1.165, 1.54) is 0 Å². The van der Waals surface area contributed by atoms with Gasteiger partial charge >= 0.3 is 0 Å². The lowest BCUT2D eigenvalue weighted by Gasteiger charge is -2.11. The van der Waals surface area contributed by atoms with Crippen LogP contribution in [0, 0.1) is 0 Å². The number of nitrogens with one attached hydrogen (secondary N) is 2. The highest BCUT2D eigenvalue weighted by Crippen LogP contribution is 2.29. The van der Waals surface area contributed by atoms with E-state index in [9.17, 15) is 4.79 Å². The van der Waals surface area contributed by atoms with Gasteiger partial charge in [0.05, 0.1) is 19.9 Å². The predicted molar refractivity (Wildman–Crippen MR) is 68.3 cm³/mol. The van der Waals surface area contributed by atoms with Crippen molar-refractivity contribution in [3.8, 4) is 11.5 Å². The Morgan fingerprint density at radius 3 is 2.67 bits per heavy atom. The van der Waals surface area contributed by atoms with Gasteiger partial charge in [-0.15, -0.1) is 0 Å². The minimum Gasteiger partial charge on any atom is -0.497 e. The second kappa shape index (κ2) is 5.27. The molecule has 5 heteroatoms. The molecular formula is C13H14N2O3. The summed E-state index contributed by atoms with van der Waals surface area (Å²) in [6, 6.07) is 8.67. The summed E-state index contributed by atoms with van der Waals surface area (Å²) in [5.74, 6) is 1.000. The van der Waals surface area contributed by atoms with Crippen molar-refractivity contribution in [1.29, 1.82) is 0 Å². The van der Waals surface area contributed by atoms with E-state index in [1.807, 2.05) is 0 Å². The van der Waals surface area contributed by atoms with E-state index in [2.05, 4.69) is 10.3 Å².